The van der Waals surface area contributed by atoms with Crippen molar-refractivity contribution in [2.75, 3.05) is 0 Å². The summed E-state index contributed by atoms with van der Waals surface area (Å²) in [5.41, 5.74) is -0.951. The normalized spacial score (nSPS) is 51.9. The molecule has 6 heteroatoms. The molecule has 0 bridgehead atoms. The van der Waals surface area contributed by atoms with Gasteiger partial charge < -0.3 is 20.1 Å². The first-order valence-electron chi connectivity index (χ1n) is 15.6. The fourth-order valence-corrected chi connectivity index (χ4v) is 11.6. The fourth-order valence-electron chi connectivity index (χ4n) is 11.6. The summed E-state index contributed by atoms with van der Waals surface area (Å²) in [5, 5.41) is 33.6. The van der Waals surface area contributed by atoms with Crippen molar-refractivity contribution < 1.29 is 29.6 Å². The summed E-state index contributed by atoms with van der Waals surface area (Å²) < 4.78 is 6.22. The summed E-state index contributed by atoms with van der Waals surface area (Å²) in [6.45, 7) is 15.1. The summed E-state index contributed by atoms with van der Waals surface area (Å²) >= 11 is 0. The Morgan fingerprint density at radius 3 is 2.33 bits per heavy atom. The van der Waals surface area contributed by atoms with Gasteiger partial charge in [-0.25, -0.2) is 0 Å². The number of carbonyl (C=O) groups excluding carboxylic acids is 1. The minimum Gasteiger partial charge on any atom is -0.481 e. The number of carboxylic acids is 1. The molecular formula is C33H52O6. The third-order valence-electron chi connectivity index (χ3n) is 13.6. The van der Waals surface area contributed by atoms with Crippen molar-refractivity contribution >= 4 is 11.9 Å². The number of hydrogen-bond acceptors (Lipinski definition) is 5. The number of carboxylic acid groups (broad SMARTS) is 1. The standard InChI is InChI=1S/C33H52O6/c1-8-26(36)39-25-17-31(7)24(33(25)18-32(33,28(37)38)13-9-10-19(2)3)16-23(35)27-29(5)14-12-22(34)20(4)21(29)11-15-30(27,31)6/h10,20-25,27,34-35H,8-9,11-18H2,1-7H3,(H,37,38)/t20-,21-,22+,23?,24+,25-,27?,29-,30-,31-,32+,33+/m0/s1. The van der Waals surface area contributed by atoms with Crippen molar-refractivity contribution in [3.05, 3.63) is 11.6 Å². The van der Waals surface area contributed by atoms with Crippen molar-refractivity contribution in [2.24, 2.45) is 50.7 Å². The van der Waals surface area contributed by atoms with E-state index in [1.807, 2.05) is 13.8 Å². The van der Waals surface area contributed by atoms with E-state index in [0.717, 1.165) is 25.7 Å². The van der Waals surface area contributed by atoms with Crippen LogP contribution in [0.2, 0.25) is 0 Å². The lowest BCUT2D eigenvalue weighted by Crippen LogP contribution is -2.66. The highest BCUT2D eigenvalue weighted by Gasteiger charge is 2.86. The van der Waals surface area contributed by atoms with Crippen molar-refractivity contribution in [1.82, 2.24) is 0 Å². The minimum atomic E-state index is -0.937. The first kappa shape index (κ1) is 29.1. The minimum absolute atomic E-state index is 0.0227. The number of esters is 1. The van der Waals surface area contributed by atoms with Crippen molar-refractivity contribution in [1.29, 1.82) is 0 Å². The van der Waals surface area contributed by atoms with E-state index in [1.165, 1.54) is 5.57 Å². The van der Waals surface area contributed by atoms with Crippen LogP contribution in [-0.4, -0.2) is 45.6 Å². The lowest BCUT2D eigenvalue weighted by Gasteiger charge is -2.69. The van der Waals surface area contributed by atoms with Gasteiger partial charge in [0.1, 0.15) is 6.10 Å². The molecule has 3 N–H and O–H groups in total. The first-order valence-corrected chi connectivity index (χ1v) is 15.6. The van der Waals surface area contributed by atoms with Gasteiger partial charge in [0.15, 0.2) is 0 Å². The molecule has 0 aromatic carbocycles. The van der Waals surface area contributed by atoms with E-state index >= 15 is 0 Å². The number of carbonyl (C=O) groups is 2. The number of aliphatic hydroxyl groups is 2. The third-order valence-corrected chi connectivity index (χ3v) is 13.6. The Labute approximate surface area is 235 Å². The largest absolute Gasteiger partial charge is 0.481 e. The highest BCUT2D eigenvalue weighted by atomic mass is 16.5. The second kappa shape index (κ2) is 9.31. The van der Waals surface area contributed by atoms with E-state index in [4.69, 9.17) is 4.74 Å². The van der Waals surface area contributed by atoms with Crippen LogP contribution in [0.4, 0.5) is 0 Å². The predicted octanol–water partition coefficient (Wildman–Crippen LogP) is 6.14. The van der Waals surface area contributed by atoms with E-state index < -0.39 is 29.0 Å². The molecular weight excluding hydrogens is 492 g/mol. The fraction of sp³-hybridized carbons (Fsp3) is 0.879. The number of aliphatic hydroxyl groups excluding tert-OH is 2. The summed E-state index contributed by atoms with van der Waals surface area (Å²) in [4.78, 5) is 25.9. The van der Waals surface area contributed by atoms with Gasteiger partial charge in [0, 0.05) is 11.8 Å². The Morgan fingerprint density at radius 1 is 1.03 bits per heavy atom. The molecule has 0 radical (unpaired) electrons. The molecule has 5 aliphatic rings. The van der Waals surface area contributed by atoms with Gasteiger partial charge in [-0.05, 0) is 112 Å². The van der Waals surface area contributed by atoms with Gasteiger partial charge in [0.2, 0.25) is 0 Å². The van der Waals surface area contributed by atoms with Crippen LogP contribution >= 0.6 is 0 Å². The van der Waals surface area contributed by atoms with Gasteiger partial charge in [-0.1, -0.05) is 46.3 Å². The molecule has 39 heavy (non-hydrogen) atoms. The zero-order chi connectivity index (χ0) is 28.8. The molecule has 0 amide bonds. The van der Waals surface area contributed by atoms with E-state index in [-0.39, 0.29) is 52.5 Å². The van der Waals surface area contributed by atoms with Crippen LogP contribution in [0.3, 0.4) is 0 Å². The molecule has 12 atom stereocenters. The molecule has 6 nitrogen and oxygen atoms in total. The maximum absolute atomic E-state index is 13.1. The maximum atomic E-state index is 13.1. The van der Waals surface area contributed by atoms with Gasteiger partial charge in [0.05, 0.1) is 17.6 Å². The quantitative estimate of drug-likeness (QED) is 0.274. The number of aliphatic carboxylic acids is 1. The molecule has 0 saturated heterocycles. The number of fused-ring (bicyclic) bond motifs is 6. The van der Waals surface area contributed by atoms with Gasteiger partial charge in [-0.3, -0.25) is 9.59 Å². The molecule has 5 saturated carbocycles. The Morgan fingerprint density at radius 2 is 1.72 bits per heavy atom. The molecule has 220 valence electrons. The van der Waals surface area contributed by atoms with Crippen LogP contribution in [0, 0.1) is 50.7 Å². The lowest BCUT2D eigenvalue weighted by atomic mass is 9.36. The second-order valence-electron chi connectivity index (χ2n) is 15.2. The molecule has 0 aromatic rings. The van der Waals surface area contributed by atoms with Crippen LogP contribution < -0.4 is 0 Å². The van der Waals surface area contributed by atoms with Crippen molar-refractivity contribution in [3.63, 3.8) is 0 Å². The number of allylic oxidation sites excluding steroid dienone is 2. The van der Waals surface area contributed by atoms with Gasteiger partial charge in [-0.15, -0.1) is 0 Å². The van der Waals surface area contributed by atoms with E-state index in [1.54, 1.807) is 6.92 Å². The molecule has 5 aliphatic carbocycles. The average Bonchev–Trinajstić information content (AvgIpc) is 3.47. The molecule has 0 heterocycles. The van der Waals surface area contributed by atoms with Gasteiger partial charge >= 0.3 is 11.9 Å². The highest BCUT2D eigenvalue weighted by Crippen LogP contribution is 2.85. The van der Waals surface area contributed by atoms with Crippen LogP contribution in [-0.2, 0) is 14.3 Å². The molecule has 0 aromatic heterocycles. The van der Waals surface area contributed by atoms with Crippen molar-refractivity contribution in [3.8, 4) is 0 Å². The monoisotopic (exact) mass is 544 g/mol. The summed E-state index contributed by atoms with van der Waals surface area (Å²) in [6, 6.07) is 0. The second-order valence-corrected chi connectivity index (χ2v) is 15.2. The van der Waals surface area contributed by atoms with Crippen LogP contribution in [0.25, 0.3) is 0 Å². The van der Waals surface area contributed by atoms with E-state index in [2.05, 4.69) is 33.8 Å². The van der Waals surface area contributed by atoms with Crippen LogP contribution in [0.5, 0.6) is 0 Å². The molecule has 5 fully saturated rings. The molecule has 0 aliphatic heterocycles. The van der Waals surface area contributed by atoms with Gasteiger partial charge in [0.25, 0.3) is 0 Å². The Balaban J connectivity index is 1.59. The lowest BCUT2D eigenvalue weighted by molar-refractivity contribution is -0.241. The zero-order valence-corrected chi connectivity index (χ0v) is 25.3. The summed E-state index contributed by atoms with van der Waals surface area (Å²) in [5.74, 6) is -0.422. The highest BCUT2D eigenvalue weighted by molar-refractivity contribution is 5.81. The van der Waals surface area contributed by atoms with Crippen LogP contribution in [0.15, 0.2) is 11.6 Å². The van der Waals surface area contributed by atoms with E-state index in [0.29, 0.717) is 38.0 Å². The Hall–Kier alpha value is -1.40. The van der Waals surface area contributed by atoms with Crippen LogP contribution in [0.1, 0.15) is 113 Å². The maximum Gasteiger partial charge on any atom is 0.310 e. The third kappa shape index (κ3) is 3.72. The molecule has 1 spiro atoms. The molecule has 5 rings (SSSR count). The Bertz CT molecular complexity index is 1050. The summed E-state index contributed by atoms with van der Waals surface area (Å²) in [6.07, 6.45) is 7.72. The summed E-state index contributed by atoms with van der Waals surface area (Å²) in [7, 11) is 0. The predicted molar refractivity (Wildman–Crippen MR) is 150 cm³/mol. The van der Waals surface area contributed by atoms with Gasteiger partial charge in [-0.2, -0.15) is 0 Å². The molecule has 2 unspecified atom stereocenters. The van der Waals surface area contributed by atoms with Crippen molar-refractivity contribution in [2.45, 2.75) is 131 Å². The van der Waals surface area contributed by atoms with E-state index in [9.17, 15) is 24.9 Å². The number of hydrogen-bond donors (Lipinski definition) is 3. The zero-order valence-electron chi connectivity index (χ0n) is 25.3. The smallest absolute Gasteiger partial charge is 0.310 e. The SMILES string of the molecule is CCC(=O)O[C@H]1C[C@@]2(C)[C@@H](CC(O)C3[C@]2(C)CC[C@H]2[C@H](C)[C@H](O)CC[C@]32C)[C@]12C[C@]2(CCC=C(C)C)C(=O)O. The number of rotatable bonds is 6. The topological polar surface area (TPSA) is 104 Å². The number of ether oxygens (including phenoxy) is 1. The Kier molecular flexibility index (Phi) is 6.94. The average molecular weight is 545 g/mol. The first-order chi connectivity index (χ1) is 18.1.